The second kappa shape index (κ2) is 4.38. The van der Waals surface area contributed by atoms with Crippen molar-refractivity contribution in [3.63, 3.8) is 0 Å². The lowest BCUT2D eigenvalue weighted by Gasteiger charge is -2.56. The van der Waals surface area contributed by atoms with Gasteiger partial charge < -0.3 is 15.9 Å². The van der Waals surface area contributed by atoms with Gasteiger partial charge >= 0.3 is 6.09 Å². The van der Waals surface area contributed by atoms with Crippen molar-refractivity contribution < 1.29 is 24.2 Å². The number of aliphatic hydroxyl groups excluding tert-OH is 1. The summed E-state index contributed by atoms with van der Waals surface area (Å²) in [5, 5.41) is 19.1. The molecule has 0 spiro atoms. The molecule has 0 saturated heterocycles. The van der Waals surface area contributed by atoms with E-state index in [1.54, 1.807) is 20.8 Å². The van der Waals surface area contributed by atoms with Crippen LogP contribution in [-0.2, 0) is 4.79 Å². The second-order valence-corrected chi connectivity index (χ2v) is 5.70. The molecule has 1 fully saturated rings. The Morgan fingerprint density at radius 1 is 1.44 bits per heavy atom. The average Bonchev–Trinajstić information content (AvgIpc) is 2.10. The number of aliphatic hydroxyl groups is 1. The van der Waals surface area contributed by atoms with E-state index in [1.165, 1.54) is 0 Å². The summed E-state index contributed by atoms with van der Waals surface area (Å²) >= 11 is 0. The highest BCUT2D eigenvalue weighted by Gasteiger charge is 2.60. The molecule has 0 bridgehead atoms. The number of rotatable bonds is 3. The molecule has 0 heterocycles. The van der Waals surface area contributed by atoms with E-state index < -0.39 is 35.4 Å². The van der Waals surface area contributed by atoms with Crippen LogP contribution in [0.3, 0.4) is 0 Å². The quantitative estimate of drug-likeness (QED) is 0.688. The Bertz CT molecular complexity index is 361. The number of carbonyl (C=O) groups is 2. The number of alkyl halides is 1. The molecule has 18 heavy (non-hydrogen) atoms. The number of carboxylic acid groups (broad SMARTS) is 1. The second-order valence-electron chi connectivity index (χ2n) is 5.70. The van der Waals surface area contributed by atoms with E-state index in [0.29, 0.717) is 0 Å². The first-order chi connectivity index (χ1) is 8.02. The van der Waals surface area contributed by atoms with Gasteiger partial charge in [-0.3, -0.25) is 9.69 Å². The zero-order chi connectivity index (χ0) is 14.3. The molecule has 104 valence electrons. The van der Waals surface area contributed by atoms with Crippen LogP contribution in [0.5, 0.6) is 0 Å². The molecule has 1 atom stereocenters. The molecule has 1 saturated carbocycles. The number of hydrogen-bond donors (Lipinski definition) is 3. The van der Waals surface area contributed by atoms with Gasteiger partial charge in [-0.25, -0.2) is 9.18 Å². The van der Waals surface area contributed by atoms with Crippen molar-refractivity contribution in [1.82, 2.24) is 4.90 Å². The SMILES string of the molecule is CC(C)(C)N(C(=O)O)C1(C(O)C(N)=O)CC(F)C1. The summed E-state index contributed by atoms with van der Waals surface area (Å²) in [6, 6.07) is 0. The van der Waals surface area contributed by atoms with Gasteiger partial charge in [0.25, 0.3) is 0 Å². The van der Waals surface area contributed by atoms with Gasteiger partial charge in [-0.05, 0) is 20.8 Å². The number of nitrogens with zero attached hydrogens (tertiary/aromatic N) is 1. The highest BCUT2D eigenvalue weighted by Crippen LogP contribution is 2.45. The zero-order valence-electron chi connectivity index (χ0n) is 10.7. The molecule has 0 aromatic rings. The number of primary amides is 1. The van der Waals surface area contributed by atoms with Crippen molar-refractivity contribution in [2.45, 2.75) is 57.0 Å². The van der Waals surface area contributed by atoms with Crippen molar-refractivity contribution >= 4 is 12.0 Å². The lowest BCUT2D eigenvalue weighted by atomic mass is 9.68. The number of hydrogen-bond acceptors (Lipinski definition) is 3. The van der Waals surface area contributed by atoms with Crippen LogP contribution in [0.15, 0.2) is 0 Å². The van der Waals surface area contributed by atoms with Crippen LogP contribution >= 0.6 is 0 Å². The van der Waals surface area contributed by atoms with E-state index in [4.69, 9.17) is 5.73 Å². The predicted octanol–water partition coefficient (Wildman–Crippen LogP) is 0.482. The van der Waals surface area contributed by atoms with E-state index in [1.807, 2.05) is 0 Å². The molecule has 1 unspecified atom stereocenters. The summed E-state index contributed by atoms with van der Waals surface area (Å²) in [6.07, 6.45) is -4.70. The topological polar surface area (TPSA) is 104 Å². The maximum atomic E-state index is 13.2. The highest BCUT2D eigenvalue weighted by molar-refractivity contribution is 5.82. The third-order valence-corrected chi connectivity index (χ3v) is 3.24. The van der Waals surface area contributed by atoms with Crippen LogP contribution < -0.4 is 5.73 Å². The van der Waals surface area contributed by atoms with Crippen LogP contribution in [0.25, 0.3) is 0 Å². The summed E-state index contributed by atoms with van der Waals surface area (Å²) in [4.78, 5) is 23.4. The van der Waals surface area contributed by atoms with Crippen molar-refractivity contribution in [3.8, 4) is 0 Å². The number of nitrogens with two attached hydrogens (primary N) is 1. The number of carbonyl (C=O) groups excluding carboxylic acids is 1. The summed E-state index contributed by atoms with van der Waals surface area (Å²) in [5.74, 6) is -1.04. The van der Waals surface area contributed by atoms with Crippen molar-refractivity contribution in [2.75, 3.05) is 0 Å². The van der Waals surface area contributed by atoms with Gasteiger partial charge in [-0.2, -0.15) is 0 Å². The fraction of sp³-hybridized carbons (Fsp3) is 0.818. The molecule has 0 aromatic carbocycles. The number of amides is 2. The molecule has 0 radical (unpaired) electrons. The molecule has 4 N–H and O–H groups in total. The molecule has 2 amide bonds. The molecule has 7 heteroatoms. The van der Waals surface area contributed by atoms with Gasteiger partial charge in [-0.1, -0.05) is 0 Å². The maximum absolute atomic E-state index is 13.2. The van der Waals surface area contributed by atoms with Crippen molar-refractivity contribution in [2.24, 2.45) is 5.73 Å². The van der Waals surface area contributed by atoms with Crippen molar-refractivity contribution in [1.29, 1.82) is 0 Å². The lowest BCUT2D eigenvalue weighted by molar-refractivity contribution is -0.155. The summed E-state index contributed by atoms with van der Waals surface area (Å²) in [5.41, 5.74) is 2.69. The van der Waals surface area contributed by atoms with Gasteiger partial charge in [0.05, 0.1) is 5.54 Å². The summed E-state index contributed by atoms with van der Waals surface area (Å²) in [7, 11) is 0. The molecule has 1 aliphatic rings. The highest BCUT2D eigenvalue weighted by atomic mass is 19.1. The smallest absolute Gasteiger partial charge is 0.408 e. The first-order valence-corrected chi connectivity index (χ1v) is 5.67. The Hall–Kier alpha value is -1.37. The average molecular weight is 262 g/mol. The lowest BCUT2D eigenvalue weighted by Crippen LogP contribution is -2.72. The normalized spacial score (nSPS) is 29.3. The molecule has 1 aliphatic carbocycles. The fourth-order valence-electron chi connectivity index (χ4n) is 2.65. The van der Waals surface area contributed by atoms with E-state index in [2.05, 4.69) is 0 Å². The third-order valence-electron chi connectivity index (χ3n) is 3.24. The van der Waals surface area contributed by atoms with Crippen LogP contribution in [-0.4, -0.2) is 50.5 Å². The predicted molar refractivity (Wildman–Crippen MR) is 61.7 cm³/mol. The standard InChI is InChI=1S/C11H19FN2O4/c1-10(2,3)14(9(17)18)11(4-6(12)5-11)7(15)8(13)16/h6-7,15H,4-5H2,1-3H3,(H2,13,16)(H,17,18). The summed E-state index contributed by atoms with van der Waals surface area (Å²) < 4.78 is 13.2. The van der Waals surface area contributed by atoms with Gasteiger partial charge in [0.2, 0.25) is 5.91 Å². The first kappa shape index (κ1) is 14.7. The Kier molecular flexibility index (Phi) is 3.58. The molecular formula is C11H19FN2O4. The van der Waals surface area contributed by atoms with Crippen molar-refractivity contribution in [3.05, 3.63) is 0 Å². The Balaban J connectivity index is 3.18. The Labute approximate surface area is 105 Å². The Morgan fingerprint density at radius 2 is 1.89 bits per heavy atom. The Morgan fingerprint density at radius 3 is 2.11 bits per heavy atom. The van der Waals surface area contributed by atoms with Crippen LogP contribution in [0.4, 0.5) is 9.18 Å². The molecule has 6 nitrogen and oxygen atoms in total. The van der Waals surface area contributed by atoms with E-state index >= 15 is 0 Å². The van der Waals surface area contributed by atoms with Gasteiger partial charge in [0.15, 0.2) is 6.10 Å². The third kappa shape index (κ3) is 2.27. The van der Waals surface area contributed by atoms with Crippen LogP contribution in [0.1, 0.15) is 33.6 Å². The van der Waals surface area contributed by atoms with E-state index in [-0.39, 0.29) is 12.8 Å². The van der Waals surface area contributed by atoms with E-state index in [9.17, 15) is 24.2 Å². The van der Waals surface area contributed by atoms with Gasteiger partial charge in [-0.15, -0.1) is 0 Å². The van der Waals surface area contributed by atoms with Gasteiger partial charge in [0.1, 0.15) is 6.17 Å². The number of halogens is 1. The molecule has 1 rings (SSSR count). The van der Waals surface area contributed by atoms with Crippen LogP contribution in [0, 0.1) is 0 Å². The minimum absolute atomic E-state index is 0.222. The van der Waals surface area contributed by atoms with Crippen LogP contribution in [0.2, 0.25) is 0 Å². The largest absolute Gasteiger partial charge is 0.465 e. The molecule has 0 aliphatic heterocycles. The zero-order valence-corrected chi connectivity index (χ0v) is 10.7. The monoisotopic (exact) mass is 262 g/mol. The van der Waals surface area contributed by atoms with E-state index in [0.717, 1.165) is 4.90 Å². The minimum Gasteiger partial charge on any atom is -0.465 e. The molecular weight excluding hydrogens is 243 g/mol. The van der Waals surface area contributed by atoms with Gasteiger partial charge in [0, 0.05) is 18.4 Å². The summed E-state index contributed by atoms with van der Waals surface area (Å²) in [6.45, 7) is 4.84. The fourth-order valence-corrected chi connectivity index (χ4v) is 2.65. The maximum Gasteiger partial charge on any atom is 0.408 e. The minimum atomic E-state index is -1.71. The molecule has 0 aromatic heterocycles. The first-order valence-electron chi connectivity index (χ1n) is 5.67.